The van der Waals surface area contributed by atoms with E-state index in [1.165, 1.54) is 13.3 Å². The summed E-state index contributed by atoms with van der Waals surface area (Å²) in [6.07, 6.45) is 3.36. The zero-order valence-electron chi connectivity index (χ0n) is 12.6. The number of nitrogens with two attached hydrogens (primary N) is 1. The maximum Gasteiger partial charge on any atom is 0.257 e. The molecule has 0 fully saturated rings. The summed E-state index contributed by atoms with van der Waals surface area (Å²) in [5.74, 6) is 0.668. The van der Waals surface area contributed by atoms with Crippen molar-refractivity contribution in [2.24, 2.45) is 16.8 Å². The van der Waals surface area contributed by atoms with Crippen LogP contribution in [0.15, 0.2) is 23.6 Å². The summed E-state index contributed by atoms with van der Waals surface area (Å²) < 4.78 is 5.17. The van der Waals surface area contributed by atoms with Crippen LogP contribution >= 0.6 is 0 Å². The lowest BCUT2D eigenvalue weighted by Gasteiger charge is -2.25. The van der Waals surface area contributed by atoms with Crippen LogP contribution in [0.3, 0.4) is 0 Å². The van der Waals surface area contributed by atoms with Gasteiger partial charge in [0.25, 0.3) is 5.91 Å². The average Bonchev–Trinajstić information content (AvgIpc) is 2.49. The average molecular weight is 294 g/mol. The summed E-state index contributed by atoms with van der Waals surface area (Å²) in [4.78, 5) is 18.2. The van der Waals surface area contributed by atoms with E-state index in [9.17, 15) is 4.79 Å². The molecule has 1 aromatic heterocycles. The number of nitrogens with zero attached hydrogens (tertiary/aromatic N) is 3. The van der Waals surface area contributed by atoms with Crippen LogP contribution in [0.4, 0.5) is 0 Å². The molecule has 0 bridgehead atoms. The second kappa shape index (κ2) is 8.08. The highest BCUT2D eigenvalue weighted by Crippen LogP contribution is 2.18. The van der Waals surface area contributed by atoms with Crippen LogP contribution in [-0.4, -0.2) is 47.0 Å². The first-order valence-electron chi connectivity index (χ1n) is 6.73. The van der Waals surface area contributed by atoms with Crippen molar-refractivity contribution in [1.82, 2.24) is 9.88 Å². The van der Waals surface area contributed by atoms with Crippen LogP contribution in [0.1, 0.15) is 30.6 Å². The van der Waals surface area contributed by atoms with Crippen LogP contribution in [-0.2, 0) is 0 Å². The molecule has 0 spiro atoms. The van der Waals surface area contributed by atoms with E-state index in [-0.39, 0.29) is 11.7 Å². The van der Waals surface area contributed by atoms with E-state index in [2.05, 4.69) is 10.1 Å². The lowest BCUT2D eigenvalue weighted by atomic mass is 10.1. The molecule has 1 amide bonds. The lowest BCUT2D eigenvalue weighted by Crippen LogP contribution is -2.37. The first-order valence-corrected chi connectivity index (χ1v) is 6.73. The smallest absolute Gasteiger partial charge is 0.257 e. The molecule has 116 valence electrons. The highest BCUT2D eigenvalue weighted by Gasteiger charge is 2.20. The standard InChI is InChI=1S/C14H22N4O3/c1-10(2)9-18(7-5-13(15)17-20)14(19)11-4-6-16-8-12(11)21-3/h4,6,8,10,20H,5,7,9H2,1-3H3,(H2,15,17). The van der Waals surface area contributed by atoms with Gasteiger partial charge in [-0.3, -0.25) is 9.78 Å². The number of amides is 1. The number of amidine groups is 1. The third kappa shape index (κ3) is 4.94. The molecule has 0 saturated heterocycles. The van der Waals surface area contributed by atoms with Crippen molar-refractivity contribution in [2.75, 3.05) is 20.2 Å². The van der Waals surface area contributed by atoms with E-state index in [0.717, 1.165) is 0 Å². The van der Waals surface area contributed by atoms with Crippen molar-refractivity contribution in [3.63, 3.8) is 0 Å². The Labute approximate surface area is 124 Å². The maximum absolute atomic E-state index is 12.6. The van der Waals surface area contributed by atoms with Gasteiger partial charge in [-0.15, -0.1) is 0 Å². The number of pyridine rings is 1. The van der Waals surface area contributed by atoms with Crippen molar-refractivity contribution >= 4 is 11.7 Å². The number of aromatic nitrogens is 1. The first-order chi connectivity index (χ1) is 9.99. The third-order valence-electron chi connectivity index (χ3n) is 2.87. The first kappa shape index (κ1) is 16.7. The fourth-order valence-corrected chi connectivity index (χ4v) is 1.91. The molecule has 1 rings (SSSR count). The quantitative estimate of drug-likeness (QED) is 0.342. The molecule has 7 heteroatoms. The Morgan fingerprint density at radius 1 is 1.57 bits per heavy atom. The van der Waals surface area contributed by atoms with Crippen LogP contribution in [0.2, 0.25) is 0 Å². The molecule has 0 aromatic carbocycles. The molecule has 21 heavy (non-hydrogen) atoms. The second-order valence-electron chi connectivity index (χ2n) is 5.06. The van der Waals surface area contributed by atoms with E-state index < -0.39 is 0 Å². The number of oxime groups is 1. The Hall–Kier alpha value is -2.31. The highest BCUT2D eigenvalue weighted by atomic mass is 16.5. The molecule has 1 aromatic rings. The van der Waals surface area contributed by atoms with Gasteiger partial charge in [0.2, 0.25) is 0 Å². The van der Waals surface area contributed by atoms with Gasteiger partial charge < -0.3 is 20.6 Å². The van der Waals surface area contributed by atoms with E-state index in [4.69, 9.17) is 15.7 Å². The van der Waals surface area contributed by atoms with Crippen LogP contribution in [0, 0.1) is 5.92 Å². The predicted molar refractivity (Wildman–Crippen MR) is 79.6 cm³/mol. The fourth-order valence-electron chi connectivity index (χ4n) is 1.91. The minimum atomic E-state index is -0.159. The monoisotopic (exact) mass is 294 g/mol. The zero-order chi connectivity index (χ0) is 15.8. The summed E-state index contributed by atoms with van der Waals surface area (Å²) in [6.45, 7) is 4.99. The molecule has 3 N–H and O–H groups in total. The van der Waals surface area contributed by atoms with Gasteiger partial charge in [-0.2, -0.15) is 0 Å². The molecule has 0 atom stereocenters. The van der Waals surface area contributed by atoms with Crippen LogP contribution in [0.5, 0.6) is 5.75 Å². The summed E-state index contributed by atoms with van der Waals surface area (Å²) in [5, 5.41) is 11.5. The molecule has 0 aliphatic heterocycles. The Kier molecular flexibility index (Phi) is 6.45. The van der Waals surface area contributed by atoms with Gasteiger partial charge in [-0.1, -0.05) is 19.0 Å². The molecule has 0 aliphatic rings. The van der Waals surface area contributed by atoms with Crippen molar-refractivity contribution in [3.05, 3.63) is 24.0 Å². The molecule has 0 unspecified atom stereocenters. The maximum atomic E-state index is 12.6. The minimum Gasteiger partial charge on any atom is -0.494 e. The number of carbonyl (C=O) groups is 1. The number of carbonyl (C=O) groups excluding carboxylic acids is 1. The normalized spacial score (nSPS) is 11.5. The zero-order valence-corrected chi connectivity index (χ0v) is 12.6. The summed E-state index contributed by atoms with van der Waals surface area (Å²) in [7, 11) is 1.50. The van der Waals surface area contributed by atoms with Crippen molar-refractivity contribution in [3.8, 4) is 5.75 Å². The summed E-state index contributed by atoms with van der Waals surface area (Å²) in [5.41, 5.74) is 5.93. The number of rotatable bonds is 7. The van der Waals surface area contributed by atoms with Gasteiger partial charge in [0, 0.05) is 25.7 Å². The van der Waals surface area contributed by atoms with Gasteiger partial charge in [-0.05, 0) is 12.0 Å². The van der Waals surface area contributed by atoms with Crippen LogP contribution < -0.4 is 10.5 Å². The van der Waals surface area contributed by atoms with Crippen LogP contribution in [0.25, 0.3) is 0 Å². The van der Waals surface area contributed by atoms with Gasteiger partial charge in [0.05, 0.1) is 18.9 Å². The molecule has 1 heterocycles. The Morgan fingerprint density at radius 3 is 2.86 bits per heavy atom. The van der Waals surface area contributed by atoms with E-state index in [1.54, 1.807) is 17.2 Å². The number of ether oxygens (including phenoxy) is 1. The van der Waals surface area contributed by atoms with Gasteiger partial charge in [-0.25, -0.2) is 0 Å². The molecule has 0 radical (unpaired) electrons. The van der Waals surface area contributed by atoms with E-state index in [0.29, 0.717) is 36.7 Å². The van der Waals surface area contributed by atoms with Crippen molar-refractivity contribution in [2.45, 2.75) is 20.3 Å². The van der Waals surface area contributed by atoms with Crippen molar-refractivity contribution in [1.29, 1.82) is 0 Å². The SMILES string of the molecule is COc1cnccc1C(=O)N(CC/C(N)=N/O)CC(C)C. The van der Waals surface area contributed by atoms with Gasteiger partial charge >= 0.3 is 0 Å². The van der Waals surface area contributed by atoms with E-state index >= 15 is 0 Å². The molecule has 0 saturated carbocycles. The Morgan fingerprint density at radius 2 is 2.29 bits per heavy atom. The van der Waals surface area contributed by atoms with Gasteiger partial charge in [0.15, 0.2) is 0 Å². The van der Waals surface area contributed by atoms with Gasteiger partial charge in [0.1, 0.15) is 11.6 Å². The van der Waals surface area contributed by atoms with E-state index in [1.807, 2.05) is 13.8 Å². The Balaban J connectivity index is 2.93. The van der Waals surface area contributed by atoms with Crippen molar-refractivity contribution < 1.29 is 14.7 Å². The molecule has 0 aliphatic carbocycles. The number of methoxy groups -OCH3 is 1. The third-order valence-corrected chi connectivity index (χ3v) is 2.87. The lowest BCUT2D eigenvalue weighted by molar-refractivity contribution is 0.0737. The minimum absolute atomic E-state index is 0.0956. The fraction of sp³-hybridized carbons (Fsp3) is 0.500. The molecule has 7 nitrogen and oxygen atoms in total. The highest BCUT2D eigenvalue weighted by molar-refractivity contribution is 5.97. The summed E-state index contributed by atoms with van der Waals surface area (Å²) >= 11 is 0. The number of hydrogen-bond donors (Lipinski definition) is 2. The Bertz CT molecular complexity index is 503. The largest absolute Gasteiger partial charge is 0.494 e. The molecular formula is C14H22N4O3. The topological polar surface area (TPSA) is 101 Å². The molecular weight excluding hydrogens is 272 g/mol. The summed E-state index contributed by atoms with van der Waals surface area (Å²) in [6, 6.07) is 1.62. The number of hydrogen-bond acceptors (Lipinski definition) is 5. The second-order valence-corrected chi connectivity index (χ2v) is 5.06. The predicted octanol–water partition coefficient (Wildman–Crippen LogP) is 1.32.